The Morgan fingerprint density at radius 2 is 2.31 bits per heavy atom. The van der Waals surface area contributed by atoms with Crippen molar-refractivity contribution in [2.24, 2.45) is 0 Å². The largest absolute Gasteiger partial charge is 0.547 e. The van der Waals surface area contributed by atoms with Gasteiger partial charge in [-0.15, -0.1) is 11.3 Å². The quantitative estimate of drug-likeness (QED) is 0.584. The maximum Gasteiger partial charge on any atom is 0.547 e. The molecule has 1 aliphatic heterocycles. The molecule has 0 aliphatic carbocycles. The molecule has 0 unspecified atom stereocenters. The van der Waals surface area contributed by atoms with Crippen LogP contribution in [0.15, 0.2) is 36.0 Å². The van der Waals surface area contributed by atoms with Crippen molar-refractivity contribution in [2.45, 2.75) is 18.8 Å². The number of fused-ring (bicyclic) bond motifs is 2. The van der Waals surface area contributed by atoms with Crippen molar-refractivity contribution < 1.29 is 24.4 Å². The van der Waals surface area contributed by atoms with Gasteiger partial charge in [0.1, 0.15) is 5.75 Å². The molecule has 8 nitrogen and oxygen atoms in total. The van der Waals surface area contributed by atoms with Gasteiger partial charge < -0.3 is 20.1 Å². The Kier molecular flexibility index (Phi) is 4.13. The number of imidazole rings is 1. The lowest BCUT2D eigenvalue weighted by molar-refractivity contribution is -0.120. The van der Waals surface area contributed by atoms with Crippen molar-refractivity contribution in [3.63, 3.8) is 0 Å². The molecule has 0 spiro atoms. The zero-order valence-electron chi connectivity index (χ0n) is 13.5. The Morgan fingerprint density at radius 1 is 1.46 bits per heavy atom. The SMILES string of the molecule is O=C(Cc1cn2ccsc2n1)N[C@H]1Cc2cccc(C(=O)O)c2OB1O. The number of hydrogen-bond acceptors (Lipinski definition) is 6. The van der Waals surface area contributed by atoms with Crippen LogP contribution in [0.3, 0.4) is 0 Å². The monoisotopic (exact) mass is 371 g/mol. The van der Waals surface area contributed by atoms with Crippen LogP contribution >= 0.6 is 11.3 Å². The summed E-state index contributed by atoms with van der Waals surface area (Å²) in [6.07, 6.45) is 4.01. The van der Waals surface area contributed by atoms with Gasteiger partial charge in [0.05, 0.1) is 23.6 Å². The summed E-state index contributed by atoms with van der Waals surface area (Å²) in [5.74, 6) is -1.94. The van der Waals surface area contributed by atoms with Gasteiger partial charge in [-0.2, -0.15) is 0 Å². The molecule has 1 aliphatic rings. The number of thiazole rings is 1. The highest BCUT2D eigenvalue weighted by molar-refractivity contribution is 7.15. The van der Waals surface area contributed by atoms with Crippen molar-refractivity contribution in [1.82, 2.24) is 14.7 Å². The molecular formula is C16H14BN3O5S. The van der Waals surface area contributed by atoms with Gasteiger partial charge in [0.25, 0.3) is 0 Å². The van der Waals surface area contributed by atoms with Gasteiger partial charge in [-0.25, -0.2) is 9.78 Å². The average Bonchev–Trinajstić information content (AvgIpc) is 3.16. The second kappa shape index (κ2) is 6.47. The molecule has 3 N–H and O–H groups in total. The highest BCUT2D eigenvalue weighted by atomic mass is 32.1. The number of hydrogen-bond donors (Lipinski definition) is 3. The zero-order chi connectivity index (χ0) is 18.3. The minimum absolute atomic E-state index is 0.00981. The summed E-state index contributed by atoms with van der Waals surface area (Å²) in [6.45, 7) is 0. The number of aromatic carboxylic acids is 1. The van der Waals surface area contributed by atoms with Gasteiger partial charge in [0.2, 0.25) is 5.91 Å². The Bertz CT molecular complexity index is 972. The molecule has 1 aromatic carbocycles. The third kappa shape index (κ3) is 3.04. The first kappa shape index (κ1) is 16.6. The second-order valence-electron chi connectivity index (χ2n) is 5.99. The smallest absolute Gasteiger partial charge is 0.534 e. The van der Waals surface area contributed by atoms with Gasteiger partial charge in [-0.1, -0.05) is 12.1 Å². The molecule has 0 saturated heterocycles. The number of carbonyl (C=O) groups excluding carboxylic acids is 1. The summed E-state index contributed by atoms with van der Waals surface area (Å²) in [5, 5.41) is 24.0. The number of carboxylic acids is 1. The normalized spacial score (nSPS) is 16.2. The number of carbonyl (C=O) groups is 2. The minimum atomic E-state index is -1.32. The predicted molar refractivity (Wildman–Crippen MR) is 94.4 cm³/mol. The van der Waals surface area contributed by atoms with E-state index in [0.29, 0.717) is 11.3 Å². The number of rotatable bonds is 4. The Hall–Kier alpha value is -2.85. The molecule has 1 atom stereocenters. The Labute approximate surface area is 152 Å². The van der Waals surface area contributed by atoms with Crippen molar-refractivity contribution in [3.8, 4) is 5.75 Å². The van der Waals surface area contributed by atoms with Crippen LogP contribution < -0.4 is 9.97 Å². The van der Waals surface area contributed by atoms with Gasteiger partial charge in [0, 0.05) is 17.8 Å². The van der Waals surface area contributed by atoms with Crippen LogP contribution in [-0.2, 0) is 17.6 Å². The maximum absolute atomic E-state index is 12.3. The maximum atomic E-state index is 12.3. The highest BCUT2D eigenvalue weighted by Gasteiger charge is 2.37. The van der Waals surface area contributed by atoms with Gasteiger partial charge in [-0.05, 0) is 18.1 Å². The standard InChI is InChI=1S/C16H14BN3O5S/c21-13(7-10-8-20-4-5-26-16(20)18-10)19-12-6-9-2-1-3-11(15(22)23)14(9)25-17(12)24/h1-5,8,12,24H,6-7H2,(H,19,21)(H,22,23)/t12-/m0/s1. The lowest BCUT2D eigenvalue weighted by atomic mass is 9.72. The zero-order valence-corrected chi connectivity index (χ0v) is 14.3. The molecule has 3 heterocycles. The fourth-order valence-electron chi connectivity index (χ4n) is 3.00. The molecule has 10 heteroatoms. The first-order valence-corrected chi connectivity index (χ1v) is 8.79. The van der Waals surface area contributed by atoms with Gasteiger partial charge >= 0.3 is 13.1 Å². The van der Waals surface area contributed by atoms with E-state index in [0.717, 1.165) is 4.96 Å². The van der Waals surface area contributed by atoms with Crippen molar-refractivity contribution in [1.29, 1.82) is 0 Å². The fraction of sp³-hybridized carbons (Fsp3) is 0.188. The minimum Gasteiger partial charge on any atom is -0.534 e. The van der Waals surface area contributed by atoms with E-state index >= 15 is 0 Å². The van der Waals surface area contributed by atoms with Gasteiger partial charge in [0.15, 0.2) is 4.96 Å². The van der Waals surface area contributed by atoms with E-state index in [4.69, 9.17) is 4.65 Å². The van der Waals surface area contributed by atoms with Crippen molar-refractivity contribution in [2.75, 3.05) is 0 Å². The van der Waals surface area contributed by atoms with Crippen molar-refractivity contribution in [3.05, 3.63) is 52.8 Å². The lowest BCUT2D eigenvalue weighted by Crippen LogP contribution is -2.53. The van der Waals surface area contributed by atoms with E-state index in [1.807, 2.05) is 16.0 Å². The van der Waals surface area contributed by atoms with E-state index in [-0.39, 0.29) is 30.1 Å². The number of para-hydroxylation sites is 1. The summed E-state index contributed by atoms with van der Waals surface area (Å²) >= 11 is 1.48. The van der Waals surface area contributed by atoms with Gasteiger partial charge in [-0.3, -0.25) is 9.20 Å². The van der Waals surface area contributed by atoms with Crippen LogP contribution in [0.25, 0.3) is 4.96 Å². The summed E-state index contributed by atoms with van der Waals surface area (Å²) in [7, 11) is -1.32. The molecule has 2 aromatic heterocycles. The number of carboxylic acid groups (broad SMARTS) is 1. The molecule has 26 heavy (non-hydrogen) atoms. The highest BCUT2D eigenvalue weighted by Crippen LogP contribution is 2.30. The third-order valence-electron chi connectivity index (χ3n) is 4.18. The van der Waals surface area contributed by atoms with Crippen LogP contribution in [0.1, 0.15) is 21.6 Å². The first-order chi connectivity index (χ1) is 12.5. The molecule has 0 saturated carbocycles. The van der Waals surface area contributed by atoms with E-state index in [1.165, 1.54) is 17.4 Å². The van der Waals surface area contributed by atoms with E-state index < -0.39 is 19.0 Å². The lowest BCUT2D eigenvalue weighted by Gasteiger charge is -2.28. The van der Waals surface area contributed by atoms with E-state index in [9.17, 15) is 19.7 Å². The molecule has 0 bridgehead atoms. The van der Waals surface area contributed by atoms with Crippen molar-refractivity contribution >= 4 is 35.3 Å². The summed E-state index contributed by atoms with van der Waals surface area (Å²) in [4.78, 5) is 28.7. The molecular weight excluding hydrogens is 357 g/mol. The molecule has 0 radical (unpaired) electrons. The number of amides is 1. The Morgan fingerprint density at radius 3 is 3.08 bits per heavy atom. The summed E-state index contributed by atoms with van der Waals surface area (Å²) in [5.41, 5.74) is 1.25. The molecule has 132 valence electrons. The topological polar surface area (TPSA) is 113 Å². The van der Waals surface area contributed by atoms with Crippen LogP contribution in [0.5, 0.6) is 5.75 Å². The summed E-state index contributed by atoms with van der Waals surface area (Å²) in [6, 6.07) is 4.74. The van der Waals surface area contributed by atoms with Crippen LogP contribution in [0.2, 0.25) is 0 Å². The number of aromatic nitrogens is 2. The number of nitrogens with one attached hydrogen (secondary N) is 1. The predicted octanol–water partition coefficient (Wildman–Crippen LogP) is 0.776. The molecule has 1 amide bonds. The Balaban J connectivity index is 1.46. The molecule has 0 fully saturated rings. The summed E-state index contributed by atoms with van der Waals surface area (Å²) < 4.78 is 7.21. The van der Waals surface area contributed by atoms with Crippen LogP contribution in [0.4, 0.5) is 0 Å². The van der Waals surface area contributed by atoms with Crippen LogP contribution in [0, 0.1) is 0 Å². The van der Waals surface area contributed by atoms with Crippen LogP contribution in [-0.4, -0.2) is 44.5 Å². The average molecular weight is 371 g/mol. The molecule has 3 aromatic rings. The third-order valence-corrected chi connectivity index (χ3v) is 4.95. The van der Waals surface area contributed by atoms with E-state index in [2.05, 4.69) is 10.3 Å². The first-order valence-electron chi connectivity index (χ1n) is 7.91. The molecule has 4 rings (SSSR count). The second-order valence-corrected chi connectivity index (χ2v) is 6.86. The number of nitrogens with zero attached hydrogens (tertiary/aromatic N) is 2. The number of benzene rings is 1. The fourth-order valence-corrected chi connectivity index (χ4v) is 3.72. The van der Waals surface area contributed by atoms with E-state index in [1.54, 1.807) is 18.3 Å².